The minimum absolute atomic E-state index is 0.0144. The molecule has 0 aliphatic rings. The fourth-order valence-corrected chi connectivity index (χ4v) is 2.92. The van der Waals surface area contributed by atoms with Gasteiger partial charge < -0.3 is 10.7 Å². The molecule has 0 radical (unpaired) electrons. The van der Waals surface area contributed by atoms with E-state index in [1.165, 1.54) is 18.3 Å². The van der Waals surface area contributed by atoms with Gasteiger partial charge in [0.25, 0.3) is 0 Å². The van der Waals surface area contributed by atoms with Gasteiger partial charge in [0.15, 0.2) is 11.4 Å². The van der Waals surface area contributed by atoms with Crippen molar-refractivity contribution in [1.29, 1.82) is 5.41 Å². The van der Waals surface area contributed by atoms with Gasteiger partial charge >= 0.3 is 0 Å². The molecule has 0 aliphatic heterocycles. The summed E-state index contributed by atoms with van der Waals surface area (Å²) in [4.78, 5) is 15.4. The number of anilines is 1. The van der Waals surface area contributed by atoms with Crippen molar-refractivity contribution in [1.82, 2.24) is 15.0 Å². The molecule has 0 bridgehead atoms. The molecule has 8 heteroatoms. The van der Waals surface area contributed by atoms with Gasteiger partial charge in [-0.2, -0.15) is 0 Å². The number of nitrogen functional groups attached to an aromatic ring is 1. The minimum atomic E-state index is -0.458. The summed E-state index contributed by atoms with van der Waals surface area (Å²) in [6, 6.07) is 12.4. The standard InChI is InChI=1S/C17H14FIN6/c18-11-7-4-8-22-12(11)9-13(20)23-16-14(19)15(24-17(21)25-16)10-5-2-1-3-6-10/h1-8H,9H2,(H4,20,21,23,24,25). The zero-order valence-electron chi connectivity index (χ0n) is 13.0. The normalized spacial score (nSPS) is 11.5. The number of rotatable bonds is 3. The molecule has 4 N–H and O–H groups in total. The maximum absolute atomic E-state index is 13.7. The van der Waals surface area contributed by atoms with E-state index in [0.717, 1.165) is 9.13 Å². The van der Waals surface area contributed by atoms with Crippen LogP contribution in [0.15, 0.2) is 53.7 Å². The van der Waals surface area contributed by atoms with Crippen LogP contribution in [0.5, 0.6) is 0 Å². The lowest BCUT2D eigenvalue weighted by Gasteiger charge is -2.06. The van der Waals surface area contributed by atoms with Crippen molar-refractivity contribution >= 4 is 34.4 Å². The molecule has 25 heavy (non-hydrogen) atoms. The van der Waals surface area contributed by atoms with E-state index in [2.05, 4.69) is 42.5 Å². The first-order valence-corrected chi connectivity index (χ1v) is 8.44. The highest BCUT2D eigenvalue weighted by Crippen LogP contribution is 2.20. The topological polar surface area (TPSA) is 104 Å². The van der Waals surface area contributed by atoms with Crippen LogP contribution in [-0.4, -0.2) is 20.8 Å². The molecule has 0 saturated heterocycles. The van der Waals surface area contributed by atoms with Crippen molar-refractivity contribution in [3.05, 3.63) is 69.2 Å². The van der Waals surface area contributed by atoms with Crippen LogP contribution in [0.4, 0.5) is 10.3 Å². The number of H-pyrrole nitrogens is 1. The Morgan fingerprint density at radius 1 is 1.24 bits per heavy atom. The van der Waals surface area contributed by atoms with Crippen LogP contribution in [0.3, 0.4) is 0 Å². The second-order valence-corrected chi connectivity index (χ2v) is 6.25. The molecule has 0 amide bonds. The molecule has 2 aromatic heterocycles. The first-order valence-electron chi connectivity index (χ1n) is 7.37. The fourth-order valence-electron chi connectivity index (χ4n) is 2.23. The van der Waals surface area contributed by atoms with Gasteiger partial charge in [0.05, 0.1) is 21.4 Å². The molecular formula is C17H14FIN6. The maximum Gasteiger partial charge on any atom is 0.199 e. The van der Waals surface area contributed by atoms with E-state index in [-0.39, 0.29) is 23.9 Å². The monoisotopic (exact) mass is 448 g/mol. The number of nitrogens with zero attached hydrogens (tertiary/aromatic N) is 3. The molecular weight excluding hydrogens is 434 g/mol. The predicted octanol–water partition coefficient (Wildman–Crippen LogP) is 2.92. The lowest BCUT2D eigenvalue weighted by atomic mass is 10.1. The lowest BCUT2D eigenvalue weighted by Crippen LogP contribution is -2.20. The zero-order valence-corrected chi connectivity index (χ0v) is 15.2. The summed E-state index contributed by atoms with van der Waals surface area (Å²) >= 11 is 2.10. The Labute approximate surface area is 156 Å². The predicted molar refractivity (Wildman–Crippen MR) is 102 cm³/mol. The van der Waals surface area contributed by atoms with Gasteiger partial charge in [-0.15, -0.1) is 0 Å². The van der Waals surface area contributed by atoms with Crippen LogP contribution in [0.2, 0.25) is 0 Å². The highest BCUT2D eigenvalue weighted by Gasteiger charge is 2.10. The van der Waals surface area contributed by atoms with Gasteiger partial charge in [-0.3, -0.25) is 10.4 Å². The number of aromatic nitrogens is 3. The average molecular weight is 448 g/mol. The van der Waals surface area contributed by atoms with E-state index in [1.54, 1.807) is 0 Å². The molecule has 6 nitrogen and oxygen atoms in total. The molecule has 0 atom stereocenters. The highest BCUT2D eigenvalue weighted by molar-refractivity contribution is 14.1. The third-order valence-corrected chi connectivity index (χ3v) is 4.38. The molecule has 0 unspecified atom stereocenters. The molecule has 0 spiro atoms. The van der Waals surface area contributed by atoms with Gasteiger partial charge in [0.2, 0.25) is 0 Å². The van der Waals surface area contributed by atoms with Gasteiger partial charge in [0, 0.05) is 11.8 Å². The molecule has 3 rings (SSSR count). The largest absolute Gasteiger partial charge is 0.369 e. The molecule has 3 aromatic rings. The molecule has 1 aromatic carbocycles. The van der Waals surface area contributed by atoms with E-state index < -0.39 is 5.82 Å². The first kappa shape index (κ1) is 17.2. The van der Waals surface area contributed by atoms with Crippen molar-refractivity contribution in [2.45, 2.75) is 6.42 Å². The summed E-state index contributed by atoms with van der Waals surface area (Å²) in [5.41, 5.74) is 8.00. The number of pyridine rings is 1. The highest BCUT2D eigenvalue weighted by atomic mass is 127. The van der Waals surface area contributed by atoms with Crippen molar-refractivity contribution < 1.29 is 4.39 Å². The maximum atomic E-state index is 13.7. The van der Waals surface area contributed by atoms with Crippen molar-refractivity contribution in [2.75, 3.05) is 5.73 Å². The van der Waals surface area contributed by atoms with Crippen LogP contribution < -0.4 is 11.2 Å². The summed E-state index contributed by atoms with van der Waals surface area (Å²) in [7, 11) is 0. The second-order valence-electron chi connectivity index (χ2n) is 5.17. The number of hydrogen-bond acceptors (Lipinski definition) is 4. The Hall–Kier alpha value is -2.62. The number of nitrogens with two attached hydrogens (primary N) is 1. The SMILES string of the molecule is N=C(Cc1ncccc1F)/N=c1\[nH]c(N)nc(-c2ccccc2)c1I. The van der Waals surface area contributed by atoms with Crippen LogP contribution in [0.1, 0.15) is 5.69 Å². The summed E-state index contributed by atoms with van der Waals surface area (Å²) in [6.45, 7) is 0. The van der Waals surface area contributed by atoms with Gasteiger partial charge in [-0.05, 0) is 34.7 Å². The van der Waals surface area contributed by atoms with Crippen molar-refractivity contribution in [3.63, 3.8) is 0 Å². The Morgan fingerprint density at radius 3 is 2.72 bits per heavy atom. The summed E-state index contributed by atoms with van der Waals surface area (Å²) in [5, 5.41) is 8.04. The van der Waals surface area contributed by atoms with Gasteiger partial charge in [-0.1, -0.05) is 30.3 Å². The van der Waals surface area contributed by atoms with Gasteiger partial charge in [0.1, 0.15) is 11.7 Å². The number of aromatic amines is 1. The average Bonchev–Trinajstić information content (AvgIpc) is 2.60. The number of halogens is 2. The Morgan fingerprint density at radius 2 is 2.00 bits per heavy atom. The summed E-state index contributed by atoms with van der Waals surface area (Å²) in [5.74, 6) is -0.299. The zero-order chi connectivity index (χ0) is 17.8. The van der Waals surface area contributed by atoms with E-state index >= 15 is 0 Å². The quantitative estimate of drug-likeness (QED) is 0.326. The van der Waals surface area contributed by atoms with Crippen molar-refractivity contribution in [2.24, 2.45) is 4.99 Å². The van der Waals surface area contributed by atoms with Gasteiger partial charge in [-0.25, -0.2) is 14.4 Å². The summed E-state index contributed by atoms with van der Waals surface area (Å²) in [6.07, 6.45) is 1.47. The van der Waals surface area contributed by atoms with Crippen molar-refractivity contribution in [3.8, 4) is 11.3 Å². The molecule has 126 valence electrons. The molecule has 2 heterocycles. The van der Waals surface area contributed by atoms with E-state index in [1.807, 2.05) is 30.3 Å². The van der Waals surface area contributed by atoms with E-state index in [0.29, 0.717) is 11.2 Å². The third-order valence-electron chi connectivity index (χ3n) is 3.36. The number of amidine groups is 1. The minimum Gasteiger partial charge on any atom is -0.369 e. The first-order chi connectivity index (χ1) is 12.0. The van der Waals surface area contributed by atoms with E-state index in [4.69, 9.17) is 11.1 Å². The molecule has 0 saturated carbocycles. The summed E-state index contributed by atoms with van der Waals surface area (Å²) < 4.78 is 14.4. The van der Waals surface area contributed by atoms with Crippen LogP contribution in [0.25, 0.3) is 11.3 Å². The number of nitrogens with one attached hydrogen (secondary N) is 2. The van der Waals surface area contributed by atoms with Crippen LogP contribution >= 0.6 is 22.6 Å². The molecule has 0 fully saturated rings. The van der Waals surface area contributed by atoms with Crippen LogP contribution in [0, 0.1) is 14.8 Å². The fraction of sp³-hybridized carbons (Fsp3) is 0.0588. The number of hydrogen-bond donors (Lipinski definition) is 3. The van der Waals surface area contributed by atoms with E-state index in [9.17, 15) is 4.39 Å². The van der Waals surface area contributed by atoms with Crippen LogP contribution in [-0.2, 0) is 6.42 Å². The smallest absolute Gasteiger partial charge is 0.199 e. The molecule has 0 aliphatic carbocycles. The Bertz CT molecular complexity index is 984. The third kappa shape index (κ3) is 4.08. The second kappa shape index (κ2) is 7.51. The number of benzene rings is 1. The Balaban J connectivity index is 1.99. The lowest BCUT2D eigenvalue weighted by molar-refractivity contribution is 0.606. The Kier molecular flexibility index (Phi) is 5.17.